The molecule has 1 aromatic carbocycles. The predicted octanol–water partition coefficient (Wildman–Crippen LogP) is 2.10. The molecule has 1 heterocycles. The van der Waals surface area contributed by atoms with E-state index < -0.39 is 11.9 Å². The van der Waals surface area contributed by atoms with Crippen LogP contribution in [-0.4, -0.2) is 30.1 Å². The van der Waals surface area contributed by atoms with Crippen molar-refractivity contribution in [3.63, 3.8) is 0 Å². The number of carbonyl (C=O) groups is 2. The number of aromatic carboxylic acids is 1. The lowest BCUT2D eigenvalue weighted by Crippen LogP contribution is -2.27. The van der Waals surface area contributed by atoms with Crippen molar-refractivity contribution in [1.82, 2.24) is 5.32 Å². The summed E-state index contributed by atoms with van der Waals surface area (Å²) in [6.07, 6.45) is 0. The SMILES string of the molecule is Cc1cccc(OCCNC(=O)c2ccc(C(=O)O)o2)c1. The van der Waals surface area contributed by atoms with Crippen molar-refractivity contribution in [1.29, 1.82) is 0 Å². The molecule has 6 heteroatoms. The van der Waals surface area contributed by atoms with E-state index in [2.05, 4.69) is 5.32 Å². The van der Waals surface area contributed by atoms with E-state index in [1.807, 2.05) is 31.2 Å². The number of rotatable bonds is 6. The summed E-state index contributed by atoms with van der Waals surface area (Å²) in [5.74, 6) is -1.26. The van der Waals surface area contributed by atoms with Crippen LogP contribution < -0.4 is 10.1 Å². The number of hydrogen-bond acceptors (Lipinski definition) is 4. The van der Waals surface area contributed by atoms with E-state index in [0.29, 0.717) is 6.61 Å². The van der Waals surface area contributed by atoms with E-state index in [0.717, 1.165) is 11.3 Å². The lowest BCUT2D eigenvalue weighted by atomic mass is 10.2. The van der Waals surface area contributed by atoms with E-state index in [9.17, 15) is 9.59 Å². The van der Waals surface area contributed by atoms with Crippen LogP contribution in [0.1, 0.15) is 26.7 Å². The lowest BCUT2D eigenvalue weighted by molar-refractivity contribution is 0.0659. The fraction of sp³-hybridized carbons (Fsp3) is 0.200. The number of furan rings is 1. The third kappa shape index (κ3) is 4.10. The molecule has 1 aromatic heterocycles. The van der Waals surface area contributed by atoms with Gasteiger partial charge in [-0.3, -0.25) is 4.79 Å². The first kappa shape index (κ1) is 14.6. The molecule has 0 saturated heterocycles. The number of carbonyl (C=O) groups excluding carboxylic acids is 1. The molecule has 0 aliphatic heterocycles. The summed E-state index contributed by atoms with van der Waals surface area (Å²) >= 11 is 0. The van der Waals surface area contributed by atoms with Gasteiger partial charge in [-0.25, -0.2) is 4.79 Å². The summed E-state index contributed by atoms with van der Waals surface area (Å²) in [5, 5.41) is 11.3. The van der Waals surface area contributed by atoms with Crippen LogP contribution in [0.15, 0.2) is 40.8 Å². The lowest BCUT2D eigenvalue weighted by Gasteiger charge is -2.07. The van der Waals surface area contributed by atoms with Crippen molar-refractivity contribution in [3.8, 4) is 5.75 Å². The number of carboxylic acid groups (broad SMARTS) is 1. The third-order valence-electron chi connectivity index (χ3n) is 2.69. The number of nitrogens with one attached hydrogen (secondary N) is 1. The molecule has 0 spiro atoms. The highest BCUT2D eigenvalue weighted by atomic mass is 16.5. The smallest absolute Gasteiger partial charge is 0.371 e. The summed E-state index contributed by atoms with van der Waals surface area (Å²) in [4.78, 5) is 22.3. The number of carboxylic acids is 1. The zero-order valence-electron chi connectivity index (χ0n) is 11.5. The monoisotopic (exact) mass is 289 g/mol. The second-order valence-electron chi connectivity index (χ2n) is 4.39. The topological polar surface area (TPSA) is 88.8 Å². The molecule has 0 unspecified atom stereocenters. The number of aryl methyl sites for hydroxylation is 1. The molecule has 2 N–H and O–H groups in total. The Bertz CT molecular complexity index is 647. The van der Waals surface area contributed by atoms with Gasteiger partial charge in [0.2, 0.25) is 5.76 Å². The fourth-order valence-electron chi connectivity index (χ4n) is 1.70. The maximum absolute atomic E-state index is 11.7. The summed E-state index contributed by atoms with van der Waals surface area (Å²) in [6, 6.07) is 10.1. The Labute approximate surface area is 121 Å². The normalized spacial score (nSPS) is 10.1. The Hall–Kier alpha value is -2.76. The largest absolute Gasteiger partial charge is 0.492 e. The van der Waals surface area contributed by atoms with Gasteiger partial charge in [0.05, 0.1) is 6.54 Å². The van der Waals surface area contributed by atoms with Crippen LogP contribution in [0.3, 0.4) is 0 Å². The van der Waals surface area contributed by atoms with E-state index in [-0.39, 0.29) is 18.1 Å². The molecular weight excluding hydrogens is 274 g/mol. The van der Waals surface area contributed by atoms with Gasteiger partial charge < -0.3 is 19.6 Å². The van der Waals surface area contributed by atoms with Crippen LogP contribution in [0.2, 0.25) is 0 Å². The minimum absolute atomic E-state index is 0.0389. The minimum atomic E-state index is -1.21. The Morgan fingerprint density at radius 2 is 2.00 bits per heavy atom. The van der Waals surface area contributed by atoms with Gasteiger partial charge in [0.1, 0.15) is 12.4 Å². The Kier molecular flexibility index (Phi) is 4.61. The zero-order valence-corrected chi connectivity index (χ0v) is 11.5. The van der Waals surface area contributed by atoms with Crippen LogP contribution in [-0.2, 0) is 0 Å². The second kappa shape index (κ2) is 6.60. The van der Waals surface area contributed by atoms with Gasteiger partial charge in [-0.05, 0) is 36.8 Å². The van der Waals surface area contributed by atoms with Gasteiger partial charge in [0, 0.05) is 0 Å². The average Bonchev–Trinajstić information content (AvgIpc) is 2.93. The average molecular weight is 289 g/mol. The minimum Gasteiger partial charge on any atom is -0.492 e. The van der Waals surface area contributed by atoms with Gasteiger partial charge >= 0.3 is 5.97 Å². The van der Waals surface area contributed by atoms with Gasteiger partial charge in [0.15, 0.2) is 5.76 Å². The van der Waals surface area contributed by atoms with Crippen molar-refractivity contribution >= 4 is 11.9 Å². The molecule has 2 aromatic rings. The van der Waals surface area contributed by atoms with E-state index in [1.54, 1.807) is 0 Å². The summed E-state index contributed by atoms with van der Waals surface area (Å²) in [5.41, 5.74) is 1.09. The summed E-state index contributed by atoms with van der Waals surface area (Å²) in [6.45, 7) is 2.56. The Morgan fingerprint density at radius 1 is 1.24 bits per heavy atom. The molecule has 21 heavy (non-hydrogen) atoms. The van der Waals surface area contributed by atoms with E-state index in [1.165, 1.54) is 12.1 Å². The Morgan fingerprint density at radius 3 is 2.67 bits per heavy atom. The van der Waals surface area contributed by atoms with Crippen molar-refractivity contribution in [3.05, 3.63) is 53.5 Å². The number of benzene rings is 1. The quantitative estimate of drug-likeness (QED) is 0.795. The van der Waals surface area contributed by atoms with Crippen LogP contribution >= 0.6 is 0 Å². The molecule has 110 valence electrons. The highest BCUT2D eigenvalue weighted by molar-refractivity contribution is 5.93. The molecule has 0 radical (unpaired) electrons. The van der Waals surface area contributed by atoms with Crippen molar-refractivity contribution < 1.29 is 23.8 Å². The maximum Gasteiger partial charge on any atom is 0.371 e. The molecule has 0 saturated carbocycles. The number of amides is 1. The number of ether oxygens (including phenoxy) is 1. The molecule has 6 nitrogen and oxygen atoms in total. The molecule has 2 rings (SSSR count). The van der Waals surface area contributed by atoms with Gasteiger partial charge in [-0.2, -0.15) is 0 Å². The third-order valence-corrected chi connectivity index (χ3v) is 2.69. The Balaban J connectivity index is 1.77. The number of hydrogen-bond donors (Lipinski definition) is 2. The van der Waals surface area contributed by atoms with E-state index >= 15 is 0 Å². The highest BCUT2D eigenvalue weighted by Crippen LogP contribution is 2.12. The summed E-state index contributed by atoms with van der Waals surface area (Å²) < 4.78 is 10.4. The first-order valence-corrected chi connectivity index (χ1v) is 6.37. The highest BCUT2D eigenvalue weighted by Gasteiger charge is 2.14. The fourth-order valence-corrected chi connectivity index (χ4v) is 1.70. The molecule has 0 fully saturated rings. The summed E-state index contributed by atoms with van der Waals surface area (Å²) in [7, 11) is 0. The predicted molar refractivity (Wildman–Crippen MR) is 74.7 cm³/mol. The first-order chi connectivity index (χ1) is 10.1. The van der Waals surface area contributed by atoms with E-state index in [4.69, 9.17) is 14.3 Å². The molecule has 0 atom stereocenters. The molecule has 0 aliphatic rings. The molecule has 1 amide bonds. The first-order valence-electron chi connectivity index (χ1n) is 6.37. The molecule has 0 bridgehead atoms. The van der Waals surface area contributed by atoms with Crippen molar-refractivity contribution in [2.45, 2.75) is 6.92 Å². The molecule has 0 aliphatic carbocycles. The second-order valence-corrected chi connectivity index (χ2v) is 4.39. The van der Waals surface area contributed by atoms with Crippen LogP contribution in [0.25, 0.3) is 0 Å². The maximum atomic E-state index is 11.7. The van der Waals surface area contributed by atoms with Gasteiger partial charge in [0.25, 0.3) is 5.91 Å². The van der Waals surface area contributed by atoms with Crippen LogP contribution in [0.5, 0.6) is 5.75 Å². The standard InChI is InChI=1S/C15H15NO5/c1-10-3-2-4-11(9-10)20-8-7-16-14(17)12-5-6-13(21-12)15(18)19/h2-6,9H,7-8H2,1H3,(H,16,17)(H,18,19). The van der Waals surface area contributed by atoms with Crippen molar-refractivity contribution in [2.24, 2.45) is 0 Å². The van der Waals surface area contributed by atoms with Gasteiger partial charge in [-0.15, -0.1) is 0 Å². The zero-order chi connectivity index (χ0) is 15.2. The van der Waals surface area contributed by atoms with Gasteiger partial charge in [-0.1, -0.05) is 12.1 Å². The van der Waals surface area contributed by atoms with Crippen LogP contribution in [0.4, 0.5) is 0 Å². The van der Waals surface area contributed by atoms with Crippen molar-refractivity contribution in [2.75, 3.05) is 13.2 Å². The van der Waals surface area contributed by atoms with Crippen LogP contribution in [0, 0.1) is 6.92 Å². The molecular formula is C15H15NO5.